The lowest BCUT2D eigenvalue weighted by Crippen LogP contribution is -2.44. The molecule has 2 N–H and O–H groups in total. The SMILES string of the molecule is Cc1cccc(C)c1OCC(=O)NNC(=O)c1cnccn1. The van der Waals surface area contributed by atoms with Crippen LogP contribution in [0.25, 0.3) is 0 Å². The Kier molecular flexibility index (Phi) is 5.02. The van der Waals surface area contributed by atoms with Crippen LogP contribution in [0.3, 0.4) is 0 Å². The molecule has 1 aromatic carbocycles. The molecular weight excluding hydrogens is 284 g/mol. The highest BCUT2D eigenvalue weighted by Crippen LogP contribution is 2.21. The highest BCUT2D eigenvalue weighted by atomic mass is 16.5. The number of hydrogen-bond acceptors (Lipinski definition) is 5. The Balaban J connectivity index is 1.83. The third-order valence-electron chi connectivity index (χ3n) is 2.87. The van der Waals surface area contributed by atoms with Crippen molar-refractivity contribution >= 4 is 11.8 Å². The summed E-state index contributed by atoms with van der Waals surface area (Å²) in [5.74, 6) is -0.355. The van der Waals surface area contributed by atoms with Gasteiger partial charge in [-0.15, -0.1) is 0 Å². The van der Waals surface area contributed by atoms with Crippen LogP contribution < -0.4 is 15.6 Å². The van der Waals surface area contributed by atoms with Gasteiger partial charge in [0.2, 0.25) is 0 Å². The first kappa shape index (κ1) is 15.4. The number of ether oxygens (including phenoxy) is 1. The molecule has 0 aliphatic carbocycles. The summed E-state index contributed by atoms with van der Waals surface area (Å²) in [5.41, 5.74) is 6.49. The van der Waals surface area contributed by atoms with Gasteiger partial charge in [0.05, 0.1) is 6.20 Å². The summed E-state index contributed by atoms with van der Waals surface area (Å²) in [4.78, 5) is 30.9. The molecular formula is C15H16N4O3. The fourth-order valence-electron chi connectivity index (χ4n) is 1.81. The second-order valence-electron chi connectivity index (χ2n) is 4.60. The summed E-state index contributed by atoms with van der Waals surface area (Å²) in [5, 5.41) is 0. The molecule has 114 valence electrons. The summed E-state index contributed by atoms with van der Waals surface area (Å²) in [7, 11) is 0. The highest BCUT2D eigenvalue weighted by molar-refractivity contribution is 5.93. The molecule has 1 heterocycles. The summed E-state index contributed by atoms with van der Waals surface area (Å²) >= 11 is 0. The lowest BCUT2D eigenvalue weighted by atomic mass is 10.1. The van der Waals surface area contributed by atoms with Crippen LogP contribution in [-0.2, 0) is 4.79 Å². The average Bonchev–Trinajstić information content (AvgIpc) is 2.53. The van der Waals surface area contributed by atoms with Crippen LogP contribution >= 0.6 is 0 Å². The number of benzene rings is 1. The number of carbonyl (C=O) groups excluding carboxylic acids is 2. The largest absolute Gasteiger partial charge is 0.483 e. The van der Waals surface area contributed by atoms with E-state index in [1.54, 1.807) is 0 Å². The van der Waals surface area contributed by atoms with Crippen LogP contribution in [0.15, 0.2) is 36.8 Å². The van der Waals surface area contributed by atoms with Crippen molar-refractivity contribution in [1.82, 2.24) is 20.8 Å². The van der Waals surface area contributed by atoms with E-state index >= 15 is 0 Å². The van der Waals surface area contributed by atoms with Gasteiger partial charge in [-0.3, -0.25) is 25.4 Å². The molecule has 22 heavy (non-hydrogen) atoms. The van der Waals surface area contributed by atoms with Crippen LogP contribution in [-0.4, -0.2) is 28.4 Å². The molecule has 7 heteroatoms. The molecule has 0 spiro atoms. The minimum absolute atomic E-state index is 0.110. The summed E-state index contributed by atoms with van der Waals surface area (Å²) in [6.45, 7) is 3.60. The Hall–Kier alpha value is -2.96. The number of rotatable bonds is 4. The number of aryl methyl sites for hydroxylation is 2. The molecule has 0 aliphatic heterocycles. The zero-order chi connectivity index (χ0) is 15.9. The standard InChI is InChI=1S/C15H16N4O3/c1-10-4-3-5-11(2)14(10)22-9-13(20)18-19-15(21)12-8-16-6-7-17-12/h3-8H,9H2,1-2H3,(H,18,20)(H,19,21). The number of hydrazine groups is 1. The van der Waals surface area contributed by atoms with Crippen molar-refractivity contribution in [2.24, 2.45) is 0 Å². The number of amides is 2. The van der Waals surface area contributed by atoms with Gasteiger partial charge in [-0.2, -0.15) is 0 Å². The van der Waals surface area contributed by atoms with Gasteiger partial charge >= 0.3 is 0 Å². The third-order valence-corrected chi connectivity index (χ3v) is 2.87. The van der Waals surface area contributed by atoms with E-state index in [1.165, 1.54) is 18.6 Å². The van der Waals surface area contributed by atoms with E-state index in [-0.39, 0.29) is 12.3 Å². The number of carbonyl (C=O) groups is 2. The molecule has 0 bridgehead atoms. The molecule has 2 aromatic rings. The molecule has 0 saturated carbocycles. The van der Waals surface area contributed by atoms with Gasteiger partial charge in [-0.1, -0.05) is 18.2 Å². The first-order valence-electron chi connectivity index (χ1n) is 6.62. The smallest absolute Gasteiger partial charge is 0.289 e. The molecule has 0 saturated heterocycles. The minimum atomic E-state index is -0.548. The van der Waals surface area contributed by atoms with Crippen LogP contribution in [0, 0.1) is 13.8 Å². The highest BCUT2D eigenvalue weighted by Gasteiger charge is 2.10. The minimum Gasteiger partial charge on any atom is -0.483 e. The molecule has 0 unspecified atom stereocenters. The first-order chi connectivity index (χ1) is 10.6. The zero-order valence-corrected chi connectivity index (χ0v) is 12.3. The van der Waals surface area contributed by atoms with Gasteiger partial charge in [0.15, 0.2) is 6.61 Å². The van der Waals surface area contributed by atoms with Gasteiger partial charge in [-0.05, 0) is 25.0 Å². The fourth-order valence-corrected chi connectivity index (χ4v) is 1.81. The van der Waals surface area contributed by atoms with Gasteiger partial charge in [0.1, 0.15) is 11.4 Å². The topological polar surface area (TPSA) is 93.2 Å². The first-order valence-corrected chi connectivity index (χ1v) is 6.62. The summed E-state index contributed by atoms with van der Waals surface area (Å²) in [6, 6.07) is 5.71. The van der Waals surface area contributed by atoms with Crippen molar-refractivity contribution in [3.8, 4) is 5.75 Å². The maximum Gasteiger partial charge on any atom is 0.289 e. The molecule has 2 amide bonds. The van der Waals surface area contributed by atoms with Gasteiger partial charge in [0.25, 0.3) is 11.8 Å². The molecule has 1 aromatic heterocycles. The fraction of sp³-hybridized carbons (Fsp3) is 0.200. The number of nitrogens with one attached hydrogen (secondary N) is 2. The average molecular weight is 300 g/mol. The van der Waals surface area contributed by atoms with Crippen LogP contribution in [0.2, 0.25) is 0 Å². The van der Waals surface area contributed by atoms with Crippen LogP contribution in [0.1, 0.15) is 21.6 Å². The van der Waals surface area contributed by atoms with Crippen molar-refractivity contribution in [2.45, 2.75) is 13.8 Å². The second-order valence-corrected chi connectivity index (χ2v) is 4.60. The lowest BCUT2D eigenvalue weighted by Gasteiger charge is -2.12. The second kappa shape index (κ2) is 7.16. The van der Waals surface area contributed by atoms with Crippen LogP contribution in [0.4, 0.5) is 0 Å². The molecule has 0 atom stereocenters. The van der Waals surface area contributed by atoms with Crippen molar-refractivity contribution in [1.29, 1.82) is 0 Å². The number of aromatic nitrogens is 2. The number of para-hydroxylation sites is 1. The normalized spacial score (nSPS) is 9.91. The van der Waals surface area contributed by atoms with E-state index in [0.717, 1.165) is 11.1 Å². The van der Waals surface area contributed by atoms with E-state index < -0.39 is 11.8 Å². The van der Waals surface area contributed by atoms with Gasteiger partial charge < -0.3 is 4.74 Å². The molecule has 0 fully saturated rings. The Morgan fingerprint density at radius 3 is 2.50 bits per heavy atom. The molecule has 7 nitrogen and oxygen atoms in total. The van der Waals surface area contributed by atoms with E-state index in [4.69, 9.17) is 4.74 Å². The number of nitrogens with zero attached hydrogens (tertiary/aromatic N) is 2. The van der Waals surface area contributed by atoms with Gasteiger partial charge in [-0.25, -0.2) is 4.98 Å². The maximum atomic E-state index is 11.7. The quantitative estimate of drug-likeness (QED) is 0.819. The van der Waals surface area contributed by atoms with Crippen LogP contribution in [0.5, 0.6) is 5.75 Å². The molecule has 0 radical (unpaired) electrons. The van der Waals surface area contributed by atoms with E-state index in [2.05, 4.69) is 20.8 Å². The molecule has 2 rings (SSSR count). The van der Waals surface area contributed by atoms with Crippen molar-refractivity contribution in [3.05, 3.63) is 53.6 Å². The predicted octanol–water partition coefficient (Wildman–Crippen LogP) is 0.933. The maximum absolute atomic E-state index is 11.7. The van der Waals surface area contributed by atoms with Crippen molar-refractivity contribution in [2.75, 3.05) is 6.61 Å². The Morgan fingerprint density at radius 2 is 1.86 bits per heavy atom. The predicted molar refractivity (Wildman–Crippen MR) is 79.1 cm³/mol. The third kappa shape index (κ3) is 4.02. The Bertz CT molecular complexity index is 653. The van der Waals surface area contributed by atoms with E-state index in [1.807, 2.05) is 32.0 Å². The number of hydrogen-bond donors (Lipinski definition) is 2. The monoisotopic (exact) mass is 300 g/mol. The van der Waals surface area contributed by atoms with Crippen molar-refractivity contribution < 1.29 is 14.3 Å². The summed E-state index contributed by atoms with van der Waals surface area (Å²) in [6.07, 6.45) is 4.14. The molecule has 0 aliphatic rings. The Morgan fingerprint density at radius 1 is 1.14 bits per heavy atom. The lowest BCUT2D eigenvalue weighted by molar-refractivity contribution is -0.123. The Labute approximate surface area is 127 Å². The zero-order valence-electron chi connectivity index (χ0n) is 12.3. The van der Waals surface area contributed by atoms with E-state index in [0.29, 0.717) is 5.75 Å². The van der Waals surface area contributed by atoms with E-state index in [9.17, 15) is 9.59 Å². The van der Waals surface area contributed by atoms with Gasteiger partial charge in [0, 0.05) is 12.4 Å². The van der Waals surface area contributed by atoms with Crippen molar-refractivity contribution in [3.63, 3.8) is 0 Å². The summed E-state index contributed by atoms with van der Waals surface area (Å²) < 4.78 is 5.48.